The highest BCUT2D eigenvalue weighted by Gasteiger charge is 2.29. The van der Waals surface area contributed by atoms with Crippen molar-refractivity contribution in [1.29, 1.82) is 0 Å². The average molecular weight is 238 g/mol. The topological polar surface area (TPSA) is 23.6 Å². The van der Waals surface area contributed by atoms with Crippen LogP contribution < -0.4 is 0 Å². The first kappa shape index (κ1) is 13.0. The summed E-state index contributed by atoms with van der Waals surface area (Å²) in [4.78, 5) is 16.9. The zero-order chi connectivity index (χ0) is 12.3. The van der Waals surface area contributed by atoms with E-state index in [0.717, 1.165) is 26.1 Å². The lowest BCUT2D eigenvalue weighted by Crippen LogP contribution is -2.53. The Balaban J connectivity index is 1.85. The summed E-state index contributed by atoms with van der Waals surface area (Å²) in [6.07, 6.45) is 7.41. The van der Waals surface area contributed by atoms with E-state index in [1.807, 2.05) is 0 Å². The number of hydrogen-bond acceptors (Lipinski definition) is 3. The Bertz CT molecular complexity index is 261. The van der Waals surface area contributed by atoms with Crippen molar-refractivity contribution < 1.29 is 4.79 Å². The molecule has 1 saturated heterocycles. The molecule has 0 radical (unpaired) electrons. The van der Waals surface area contributed by atoms with Gasteiger partial charge in [0.15, 0.2) is 5.78 Å². The van der Waals surface area contributed by atoms with Crippen LogP contribution in [0.1, 0.15) is 38.5 Å². The van der Waals surface area contributed by atoms with Gasteiger partial charge in [-0.2, -0.15) is 0 Å². The minimum Gasteiger partial charge on any atom is -0.303 e. The van der Waals surface area contributed by atoms with Gasteiger partial charge < -0.3 is 4.90 Å². The molecule has 0 aromatic heterocycles. The molecule has 0 aromatic rings. The van der Waals surface area contributed by atoms with Crippen LogP contribution in [0, 0.1) is 5.92 Å². The van der Waals surface area contributed by atoms with E-state index in [0.29, 0.717) is 11.7 Å². The fourth-order valence-corrected chi connectivity index (χ4v) is 3.17. The fourth-order valence-electron chi connectivity index (χ4n) is 3.17. The van der Waals surface area contributed by atoms with E-state index in [4.69, 9.17) is 0 Å². The van der Waals surface area contributed by atoms with Crippen LogP contribution in [-0.2, 0) is 4.79 Å². The van der Waals surface area contributed by atoms with Crippen LogP contribution in [-0.4, -0.2) is 55.4 Å². The van der Waals surface area contributed by atoms with Crippen LogP contribution in [0.25, 0.3) is 0 Å². The molecule has 1 heterocycles. The Hall–Kier alpha value is -0.410. The van der Waals surface area contributed by atoms with Crippen molar-refractivity contribution in [1.82, 2.24) is 9.80 Å². The molecule has 98 valence electrons. The van der Waals surface area contributed by atoms with Crippen LogP contribution in [0.3, 0.4) is 0 Å². The summed E-state index contributed by atoms with van der Waals surface area (Å²) in [6.45, 7) is 3.03. The van der Waals surface area contributed by atoms with Crippen molar-refractivity contribution >= 4 is 5.78 Å². The van der Waals surface area contributed by atoms with Crippen LogP contribution in [0.4, 0.5) is 0 Å². The highest BCUT2D eigenvalue weighted by molar-refractivity contribution is 5.84. The quantitative estimate of drug-likeness (QED) is 0.748. The van der Waals surface area contributed by atoms with E-state index in [2.05, 4.69) is 23.9 Å². The highest BCUT2D eigenvalue weighted by Crippen LogP contribution is 2.27. The summed E-state index contributed by atoms with van der Waals surface area (Å²) in [7, 11) is 4.21. The molecule has 2 aliphatic rings. The molecule has 1 unspecified atom stereocenters. The third kappa shape index (κ3) is 3.52. The largest absolute Gasteiger partial charge is 0.303 e. The van der Waals surface area contributed by atoms with Gasteiger partial charge in [-0.15, -0.1) is 0 Å². The van der Waals surface area contributed by atoms with Crippen molar-refractivity contribution in [3.8, 4) is 0 Å². The van der Waals surface area contributed by atoms with E-state index >= 15 is 0 Å². The third-order valence-corrected chi connectivity index (χ3v) is 4.44. The van der Waals surface area contributed by atoms with E-state index in [9.17, 15) is 4.79 Å². The predicted octanol–water partition coefficient (Wildman–Crippen LogP) is 1.77. The molecule has 1 atom stereocenters. The van der Waals surface area contributed by atoms with E-state index < -0.39 is 0 Å². The molecule has 2 rings (SSSR count). The smallest absolute Gasteiger partial charge is 0.151 e. The monoisotopic (exact) mass is 238 g/mol. The fraction of sp³-hybridized carbons (Fsp3) is 0.929. The van der Waals surface area contributed by atoms with E-state index in [1.165, 1.54) is 32.1 Å². The summed E-state index contributed by atoms with van der Waals surface area (Å²) in [5.74, 6) is 1.16. The number of nitrogens with zero attached hydrogens (tertiary/aromatic N) is 2. The van der Waals surface area contributed by atoms with E-state index in [-0.39, 0.29) is 6.04 Å². The Morgan fingerprint density at radius 2 is 1.82 bits per heavy atom. The Labute approximate surface area is 105 Å². The number of Topliss-reactive ketones (excluding diaryl/α,β-unsaturated/α-hetero) is 1. The molecule has 1 aliphatic carbocycles. The predicted molar refractivity (Wildman–Crippen MR) is 70.1 cm³/mol. The molecule has 3 nitrogen and oxygen atoms in total. The Morgan fingerprint density at radius 3 is 2.53 bits per heavy atom. The molecule has 0 aromatic carbocycles. The van der Waals surface area contributed by atoms with Gasteiger partial charge in [-0.05, 0) is 20.0 Å². The van der Waals surface area contributed by atoms with Crippen molar-refractivity contribution in [3.63, 3.8) is 0 Å². The highest BCUT2D eigenvalue weighted by atomic mass is 16.1. The molecule has 0 bridgehead atoms. The Kier molecular flexibility index (Phi) is 4.57. The zero-order valence-corrected chi connectivity index (χ0v) is 11.3. The molecule has 3 heteroatoms. The maximum absolute atomic E-state index is 12.4. The number of rotatable bonds is 3. The molecule has 0 amide bonds. The van der Waals surface area contributed by atoms with Gasteiger partial charge in [0.1, 0.15) is 0 Å². The standard InChI is InChI=1S/C14H26N2O/c1-15-8-9-16(2)13(11-15)14(17)10-12-6-4-3-5-7-12/h12-13H,3-11H2,1-2H3. The van der Waals surface area contributed by atoms with Gasteiger partial charge in [0.05, 0.1) is 6.04 Å². The van der Waals surface area contributed by atoms with Crippen LogP contribution in [0.5, 0.6) is 0 Å². The van der Waals surface area contributed by atoms with E-state index in [1.54, 1.807) is 0 Å². The number of likely N-dealkylation sites (N-methyl/N-ethyl adjacent to an activating group) is 2. The second kappa shape index (κ2) is 5.96. The van der Waals surface area contributed by atoms with Crippen molar-refractivity contribution in [2.45, 2.75) is 44.6 Å². The van der Waals surface area contributed by atoms with Gasteiger partial charge in [-0.25, -0.2) is 0 Å². The SMILES string of the molecule is CN1CCN(C)C(C(=O)CC2CCCCC2)C1. The Morgan fingerprint density at radius 1 is 1.12 bits per heavy atom. The second-order valence-corrected chi connectivity index (χ2v) is 5.93. The molecular weight excluding hydrogens is 212 g/mol. The van der Waals surface area contributed by atoms with Gasteiger partial charge in [-0.3, -0.25) is 9.69 Å². The first-order valence-electron chi connectivity index (χ1n) is 7.08. The number of carbonyl (C=O) groups excluding carboxylic acids is 1. The molecule has 0 N–H and O–H groups in total. The normalized spacial score (nSPS) is 29.4. The first-order valence-corrected chi connectivity index (χ1v) is 7.08. The molecule has 17 heavy (non-hydrogen) atoms. The first-order chi connectivity index (χ1) is 8.16. The lowest BCUT2D eigenvalue weighted by molar-refractivity contribution is -0.126. The summed E-state index contributed by atoms with van der Waals surface area (Å²) in [6, 6.07) is 0.149. The molecular formula is C14H26N2O. The summed E-state index contributed by atoms with van der Waals surface area (Å²) in [5.41, 5.74) is 0. The van der Waals surface area contributed by atoms with Crippen molar-refractivity contribution in [3.05, 3.63) is 0 Å². The average Bonchev–Trinajstić information content (AvgIpc) is 2.33. The maximum Gasteiger partial charge on any atom is 0.151 e. The lowest BCUT2D eigenvalue weighted by Gasteiger charge is -2.37. The van der Waals surface area contributed by atoms with Gasteiger partial charge >= 0.3 is 0 Å². The minimum absolute atomic E-state index is 0.149. The number of ketones is 1. The van der Waals surface area contributed by atoms with Crippen LogP contribution in [0.2, 0.25) is 0 Å². The molecule has 0 spiro atoms. The lowest BCUT2D eigenvalue weighted by atomic mass is 9.84. The number of carbonyl (C=O) groups is 1. The number of hydrogen-bond donors (Lipinski definition) is 0. The van der Waals surface area contributed by atoms with Crippen molar-refractivity contribution in [2.24, 2.45) is 5.92 Å². The van der Waals surface area contributed by atoms with Gasteiger partial charge in [-0.1, -0.05) is 32.1 Å². The van der Waals surface area contributed by atoms with Gasteiger partial charge in [0, 0.05) is 26.1 Å². The maximum atomic E-state index is 12.4. The second-order valence-electron chi connectivity index (χ2n) is 5.93. The van der Waals surface area contributed by atoms with Crippen molar-refractivity contribution in [2.75, 3.05) is 33.7 Å². The third-order valence-electron chi connectivity index (χ3n) is 4.44. The summed E-state index contributed by atoms with van der Waals surface area (Å²) >= 11 is 0. The molecule has 2 fully saturated rings. The van der Waals surface area contributed by atoms with Gasteiger partial charge in [0.25, 0.3) is 0 Å². The van der Waals surface area contributed by atoms with Gasteiger partial charge in [0.2, 0.25) is 0 Å². The molecule has 1 saturated carbocycles. The van der Waals surface area contributed by atoms with Crippen LogP contribution in [0.15, 0.2) is 0 Å². The molecule has 1 aliphatic heterocycles. The summed E-state index contributed by atoms with van der Waals surface area (Å²) < 4.78 is 0. The minimum atomic E-state index is 0.149. The van der Waals surface area contributed by atoms with Crippen LogP contribution >= 0.6 is 0 Å². The summed E-state index contributed by atoms with van der Waals surface area (Å²) in [5, 5.41) is 0. The number of piperazine rings is 1. The zero-order valence-electron chi connectivity index (χ0n) is 11.3.